The average molecular weight is 540 g/mol. The molecule has 0 atom stereocenters. The number of carboxylic acid groups (broad SMARTS) is 2. The zero-order valence-corrected chi connectivity index (χ0v) is 21.1. The van der Waals surface area contributed by atoms with Crippen molar-refractivity contribution in [3.8, 4) is 0 Å². The fourth-order valence-electron chi connectivity index (χ4n) is 3.36. The second kappa shape index (κ2) is 13.6. The SMILES string of the molecule is CN(C)c1ccnc(CNCC2(F)CCN(C(=O)c3ccc(F)c(Cl)c3)CC2)n1.O=C(O)/C=C/C(=O)O. The molecule has 1 amide bonds. The number of nitrogens with one attached hydrogen (secondary N) is 1. The average Bonchev–Trinajstić information content (AvgIpc) is 2.85. The number of carbonyl (C=O) groups excluding carboxylic acids is 1. The fourth-order valence-corrected chi connectivity index (χ4v) is 3.54. The van der Waals surface area contributed by atoms with Crippen molar-refractivity contribution in [2.24, 2.45) is 0 Å². The van der Waals surface area contributed by atoms with Crippen LogP contribution in [0.3, 0.4) is 0 Å². The van der Waals surface area contributed by atoms with Crippen LogP contribution >= 0.6 is 11.6 Å². The Bertz CT molecular complexity index is 1120. The largest absolute Gasteiger partial charge is 0.478 e. The Morgan fingerprint density at radius 2 is 1.78 bits per heavy atom. The van der Waals surface area contributed by atoms with E-state index >= 15 is 4.39 Å². The summed E-state index contributed by atoms with van der Waals surface area (Å²) >= 11 is 5.75. The zero-order valence-electron chi connectivity index (χ0n) is 20.3. The third kappa shape index (κ3) is 9.73. The van der Waals surface area contributed by atoms with Gasteiger partial charge < -0.3 is 25.3 Å². The quantitative estimate of drug-likeness (QED) is 0.432. The van der Waals surface area contributed by atoms with E-state index in [1.165, 1.54) is 12.1 Å². The van der Waals surface area contributed by atoms with E-state index in [2.05, 4.69) is 15.3 Å². The molecule has 0 aliphatic carbocycles. The fraction of sp³-hybridized carbons (Fsp3) is 0.375. The predicted octanol–water partition coefficient (Wildman–Crippen LogP) is 2.78. The van der Waals surface area contributed by atoms with E-state index in [-0.39, 0.29) is 30.3 Å². The van der Waals surface area contributed by atoms with Crippen LogP contribution in [-0.4, -0.2) is 82.3 Å². The number of carboxylic acids is 2. The van der Waals surface area contributed by atoms with Gasteiger partial charge >= 0.3 is 11.9 Å². The Morgan fingerprint density at radius 1 is 1.16 bits per heavy atom. The van der Waals surface area contributed by atoms with E-state index in [0.717, 1.165) is 11.9 Å². The highest BCUT2D eigenvalue weighted by molar-refractivity contribution is 6.31. The van der Waals surface area contributed by atoms with Crippen LogP contribution in [0.5, 0.6) is 0 Å². The molecule has 10 nitrogen and oxygen atoms in total. The van der Waals surface area contributed by atoms with Crippen LogP contribution in [0.4, 0.5) is 14.6 Å². The molecule has 200 valence electrons. The molecule has 1 aliphatic rings. The van der Waals surface area contributed by atoms with Gasteiger partial charge in [-0.25, -0.2) is 28.3 Å². The maximum Gasteiger partial charge on any atom is 0.328 e. The first-order valence-electron chi connectivity index (χ1n) is 11.2. The summed E-state index contributed by atoms with van der Waals surface area (Å²) in [6.07, 6.45) is 3.24. The zero-order chi connectivity index (χ0) is 27.6. The third-order valence-electron chi connectivity index (χ3n) is 5.36. The van der Waals surface area contributed by atoms with Crippen LogP contribution < -0.4 is 10.2 Å². The number of piperidine rings is 1. The predicted molar refractivity (Wildman–Crippen MR) is 133 cm³/mol. The van der Waals surface area contributed by atoms with Crippen LogP contribution in [0, 0.1) is 5.82 Å². The molecule has 0 saturated carbocycles. The van der Waals surface area contributed by atoms with Gasteiger partial charge in [-0.1, -0.05) is 11.6 Å². The van der Waals surface area contributed by atoms with E-state index in [9.17, 15) is 18.8 Å². The van der Waals surface area contributed by atoms with Gasteiger partial charge in [0.05, 0.1) is 11.6 Å². The van der Waals surface area contributed by atoms with E-state index in [4.69, 9.17) is 21.8 Å². The number of aromatic nitrogens is 2. The summed E-state index contributed by atoms with van der Waals surface area (Å²) in [7, 11) is 3.79. The number of rotatable bonds is 8. The maximum atomic E-state index is 15.1. The van der Waals surface area contributed by atoms with Crippen molar-refractivity contribution < 1.29 is 33.4 Å². The highest BCUT2D eigenvalue weighted by Gasteiger charge is 2.36. The van der Waals surface area contributed by atoms with Gasteiger partial charge in [0.15, 0.2) is 0 Å². The molecule has 1 saturated heterocycles. The minimum atomic E-state index is -1.41. The first kappa shape index (κ1) is 29.6. The van der Waals surface area contributed by atoms with E-state index in [0.29, 0.717) is 43.2 Å². The molecule has 13 heteroatoms. The molecule has 0 bridgehead atoms. The van der Waals surface area contributed by atoms with Crippen molar-refractivity contribution in [1.29, 1.82) is 0 Å². The molecule has 2 aromatic rings. The lowest BCUT2D eigenvalue weighted by Gasteiger charge is -2.36. The number of amides is 1. The van der Waals surface area contributed by atoms with Crippen molar-refractivity contribution in [3.05, 3.63) is 64.8 Å². The molecule has 2 heterocycles. The van der Waals surface area contributed by atoms with Crippen molar-refractivity contribution in [2.75, 3.05) is 38.6 Å². The number of benzene rings is 1. The number of hydrogen-bond acceptors (Lipinski definition) is 7. The minimum absolute atomic E-state index is 0.0996. The Morgan fingerprint density at radius 3 is 2.32 bits per heavy atom. The minimum Gasteiger partial charge on any atom is -0.478 e. The van der Waals surface area contributed by atoms with Gasteiger partial charge in [0.25, 0.3) is 5.91 Å². The molecule has 0 unspecified atom stereocenters. The number of nitrogens with zero attached hydrogens (tertiary/aromatic N) is 4. The second-order valence-corrected chi connectivity index (χ2v) is 8.82. The Kier molecular flexibility index (Phi) is 10.9. The lowest BCUT2D eigenvalue weighted by molar-refractivity contribution is -0.134. The molecule has 1 fully saturated rings. The van der Waals surface area contributed by atoms with E-state index in [1.54, 1.807) is 17.2 Å². The number of halogens is 3. The Labute approximate surface area is 217 Å². The summed E-state index contributed by atoms with van der Waals surface area (Å²) in [4.78, 5) is 43.7. The number of carbonyl (C=O) groups is 3. The van der Waals surface area contributed by atoms with Crippen LogP contribution in [0.25, 0.3) is 0 Å². The smallest absolute Gasteiger partial charge is 0.328 e. The van der Waals surface area contributed by atoms with Gasteiger partial charge in [0, 0.05) is 70.5 Å². The maximum absolute atomic E-state index is 15.1. The van der Waals surface area contributed by atoms with Crippen molar-refractivity contribution in [1.82, 2.24) is 20.2 Å². The van der Waals surface area contributed by atoms with Gasteiger partial charge in [-0.15, -0.1) is 0 Å². The van der Waals surface area contributed by atoms with Crippen LogP contribution in [0.1, 0.15) is 29.0 Å². The second-order valence-electron chi connectivity index (χ2n) is 8.41. The molecule has 0 spiro atoms. The lowest BCUT2D eigenvalue weighted by Crippen LogP contribution is -2.48. The Hall–Kier alpha value is -3.64. The number of aliphatic carboxylic acids is 2. The van der Waals surface area contributed by atoms with Crippen molar-refractivity contribution in [2.45, 2.75) is 25.1 Å². The summed E-state index contributed by atoms with van der Waals surface area (Å²) in [5.41, 5.74) is -1.10. The normalized spacial score (nSPS) is 14.6. The molecule has 1 aromatic heterocycles. The summed E-state index contributed by atoms with van der Waals surface area (Å²) in [5.74, 6) is -1.97. The van der Waals surface area contributed by atoms with E-state index < -0.39 is 23.4 Å². The van der Waals surface area contributed by atoms with Crippen LogP contribution in [0.2, 0.25) is 5.02 Å². The van der Waals surface area contributed by atoms with Gasteiger partial charge in [-0.05, 0) is 24.3 Å². The number of alkyl halides is 1. The summed E-state index contributed by atoms with van der Waals surface area (Å²) < 4.78 is 28.4. The third-order valence-corrected chi connectivity index (χ3v) is 5.65. The van der Waals surface area contributed by atoms with Crippen LogP contribution in [0.15, 0.2) is 42.6 Å². The van der Waals surface area contributed by atoms with Gasteiger partial charge in [-0.2, -0.15) is 0 Å². The van der Waals surface area contributed by atoms with Gasteiger partial charge in [-0.3, -0.25) is 4.79 Å². The summed E-state index contributed by atoms with van der Waals surface area (Å²) in [5, 5.41) is 18.6. The summed E-state index contributed by atoms with van der Waals surface area (Å²) in [6.45, 7) is 1.11. The monoisotopic (exact) mass is 539 g/mol. The first-order chi connectivity index (χ1) is 17.4. The number of likely N-dealkylation sites (tertiary alicyclic amines) is 1. The topological polar surface area (TPSA) is 136 Å². The van der Waals surface area contributed by atoms with Gasteiger partial charge in [0.2, 0.25) is 0 Å². The van der Waals surface area contributed by atoms with Crippen molar-refractivity contribution in [3.63, 3.8) is 0 Å². The van der Waals surface area contributed by atoms with Crippen LogP contribution in [-0.2, 0) is 16.1 Å². The molecular formula is C24H28ClF2N5O5. The molecule has 37 heavy (non-hydrogen) atoms. The van der Waals surface area contributed by atoms with E-state index in [1.807, 2.05) is 19.0 Å². The standard InChI is InChI=1S/C20H24ClF2N5O.C4H4O4/c1-27(2)18-5-8-25-17(26-18)12-24-13-20(23)6-9-28(10-7-20)19(29)14-3-4-16(22)15(21)11-14;5-3(6)1-2-4(7)8/h3-5,8,11,24H,6-7,9-10,12-13H2,1-2H3;1-2H,(H,5,6)(H,7,8)/b;2-1+. The first-order valence-corrected chi connectivity index (χ1v) is 11.5. The van der Waals surface area contributed by atoms with Crippen molar-refractivity contribution >= 4 is 35.3 Å². The molecular weight excluding hydrogens is 512 g/mol. The lowest BCUT2D eigenvalue weighted by atomic mass is 9.92. The molecule has 1 aliphatic heterocycles. The number of anilines is 1. The Balaban J connectivity index is 0.000000521. The molecule has 3 N–H and O–H groups in total. The highest BCUT2D eigenvalue weighted by Crippen LogP contribution is 2.27. The highest BCUT2D eigenvalue weighted by atomic mass is 35.5. The molecule has 3 rings (SSSR count). The molecule has 1 aromatic carbocycles. The van der Waals surface area contributed by atoms with Gasteiger partial charge in [0.1, 0.15) is 23.1 Å². The summed E-state index contributed by atoms with van der Waals surface area (Å²) in [6, 6.07) is 5.67. The molecule has 0 radical (unpaired) electrons. The number of hydrogen-bond donors (Lipinski definition) is 3.